The highest BCUT2D eigenvalue weighted by atomic mass is 15.1. The first kappa shape index (κ1) is 19.2. The highest BCUT2D eigenvalue weighted by molar-refractivity contribution is 4.87. The van der Waals surface area contributed by atoms with Crippen LogP contribution in [0.3, 0.4) is 0 Å². The van der Waals surface area contributed by atoms with Crippen molar-refractivity contribution in [2.45, 2.75) is 98.1 Å². The fourth-order valence-electron chi connectivity index (χ4n) is 4.49. The molecule has 1 saturated carbocycles. The molecule has 0 aromatic carbocycles. The second kappa shape index (κ2) is 7.87. The summed E-state index contributed by atoms with van der Waals surface area (Å²) in [5.41, 5.74) is 0.814. The van der Waals surface area contributed by atoms with Gasteiger partial charge >= 0.3 is 0 Å². The Labute approximate surface area is 145 Å². The van der Waals surface area contributed by atoms with E-state index in [2.05, 4.69) is 51.8 Å². The van der Waals surface area contributed by atoms with Crippen LogP contribution < -0.4 is 5.32 Å². The Bertz CT molecular complexity index is 339. The third-order valence-corrected chi connectivity index (χ3v) is 6.65. The number of hydrogen-bond acceptors (Lipinski definition) is 2. The van der Waals surface area contributed by atoms with Gasteiger partial charge in [0, 0.05) is 18.1 Å². The van der Waals surface area contributed by atoms with Crippen LogP contribution in [0.15, 0.2) is 0 Å². The average molecular weight is 323 g/mol. The highest BCUT2D eigenvalue weighted by Crippen LogP contribution is 2.35. The zero-order chi connectivity index (χ0) is 17.1. The van der Waals surface area contributed by atoms with Crippen molar-refractivity contribution in [3.8, 4) is 0 Å². The van der Waals surface area contributed by atoms with E-state index in [0.717, 1.165) is 17.9 Å². The smallest absolute Gasteiger partial charge is 0.0125 e. The molecular formula is C21H42N2. The Balaban J connectivity index is 1.67. The summed E-state index contributed by atoms with van der Waals surface area (Å²) in [6.45, 7) is 18.3. The number of piperidine rings is 1. The fourth-order valence-corrected chi connectivity index (χ4v) is 4.49. The molecule has 0 amide bonds. The molecule has 0 bridgehead atoms. The van der Waals surface area contributed by atoms with E-state index in [1.54, 1.807) is 0 Å². The van der Waals surface area contributed by atoms with Crippen molar-refractivity contribution in [2.75, 3.05) is 19.6 Å². The lowest BCUT2D eigenvalue weighted by Gasteiger charge is -2.41. The van der Waals surface area contributed by atoms with Gasteiger partial charge in [-0.05, 0) is 89.1 Å². The zero-order valence-electron chi connectivity index (χ0n) is 16.8. The van der Waals surface area contributed by atoms with Crippen LogP contribution in [0.5, 0.6) is 0 Å². The van der Waals surface area contributed by atoms with Crippen LogP contribution in [0.4, 0.5) is 0 Å². The molecule has 2 nitrogen and oxygen atoms in total. The van der Waals surface area contributed by atoms with Crippen molar-refractivity contribution in [1.29, 1.82) is 0 Å². The van der Waals surface area contributed by atoms with Crippen LogP contribution in [0, 0.1) is 17.3 Å². The lowest BCUT2D eigenvalue weighted by molar-refractivity contribution is 0.0915. The first-order chi connectivity index (χ1) is 10.7. The van der Waals surface area contributed by atoms with Crippen LogP contribution >= 0.6 is 0 Å². The molecule has 1 saturated heterocycles. The maximum absolute atomic E-state index is 3.88. The van der Waals surface area contributed by atoms with Crippen LogP contribution in [-0.4, -0.2) is 36.1 Å². The Hall–Kier alpha value is -0.0800. The largest absolute Gasteiger partial charge is 0.309 e. The van der Waals surface area contributed by atoms with E-state index in [-0.39, 0.29) is 0 Å². The van der Waals surface area contributed by atoms with E-state index < -0.39 is 0 Å². The molecule has 0 unspecified atom stereocenters. The topological polar surface area (TPSA) is 15.3 Å². The van der Waals surface area contributed by atoms with Gasteiger partial charge in [0.1, 0.15) is 0 Å². The monoisotopic (exact) mass is 322 g/mol. The van der Waals surface area contributed by atoms with E-state index in [0.29, 0.717) is 11.0 Å². The number of hydrogen-bond donors (Lipinski definition) is 1. The normalized spacial score (nSPS) is 29.0. The number of rotatable bonds is 5. The fraction of sp³-hybridized carbons (Fsp3) is 1.00. The number of likely N-dealkylation sites (tertiary alicyclic amines) is 1. The van der Waals surface area contributed by atoms with Crippen LogP contribution in [0.1, 0.15) is 86.5 Å². The quantitative estimate of drug-likeness (QED) is 0.759. The molecule has 0 radical (unpaired) electrons. The van der Waals surface area contributed by atoms with Crippen molar-refractivity contribution < 1.29 is 0 Å². The summed E-state index contributed by atoms with van der Waals surface area (Å²) in [7, 11) is 0. The van der Waals surface area contributed by atoms with Crippen molar-refractivity contribution >= 4 is 0 Å². The Morgan fingerprint density at radius 1 is 0.870 bits per heavy atom. The first-order valence-electron chi connectivity index (χ1n) is 10.2. The Kier molecular flexibility index (Phi) is 6.58. The summed E-state index contributed by atoms with van der Waals surface area (Å²) in [5, 5.41) is 3.88. The van der Waals surface area contributed by atoms with Gasteiger partial charge in [-0.15, -0.1) is 0 Å². The summed E-state index contributed by atoms with van der Waals surface area (Å²) in [6, 6.07) is 0.757. The van der Waals surface area contributed by atoms with E-state index >= 15 is 0 Å². The molecule has 2 heteroatoms. The zero-order valence-corrected chi connectivity index (χ0v) is 16.8. The third kappa shape index (κ3) is 6.05. The number of nitrogens with one attached hydrogen (secondary N) is 1. The summed E-state index contributed by atoms with van der Waals surface area (Å²) in [6.07, 6.45) is 9.65. The van der Waals surface area contributed by atoms with Gasteiger partial charge in [0.2, 0.25) is 0 Å². The van der Waals surface area contributed by atoms with Crippen molar-refractivity contribution in [3.05, 3.63) is 0 Å². The van der Waals surface area contributed by atoms with Crippen LogP contribution in [0.2, 0.25) is 0 Å². The van der Waals surface area contributed by atoms with Crippen molar-refractivity contribution in [1.82, 2.24) is 10.2 Å². The molecule has 136 valence electrons. The summed E-state index contributed by atoms with van der Waals surface area (Å²) in [5.74, 6) is 1.87. The van der Waals surface area contributed by atoms with E-state index in [4.69, 9.17) is 0 Å². The molecule has 0 atom stereocenters. The lowest BCUT2D eigenvalue weighted by Crippen LogP contribution is -2.47. The maximum Gasteiger partial charge on any atom is 0.0125 e. The van der Waals surface area contributed by atoms with Gasteiger partial charge in [0.05, 0.1) is 0 Å². The average Bonchev–Trinajstić information content (AvgIpc) is 2.49. The van der Waals surface area contributed by atoms with Crippen molar-refractivity contribution in [3.63, 3.8) is 0 Å². The molecule has 0 aromatic heterocycles. The van der Waals surface area contributed by atoms with E-state index in [9.17, 15) is 0 Å². The standard InChI is InChI=1S/C21H42N2/c1-7-21(5,6)22-19-10-8-17(9-11-19)16-23-14-12-18(13-15-23)20(2,3)4/h17-19,22H,7-16H2,1-6H3. The summed E-state index contributed by atoms with van der Waals surface area (Å²) in [4.78, 5) is 2.76. The minimum atomic E-state index is 0.312. The summed E-state index contributed by atoms with van der Waals surface area (Å²) < 4.78 is 0. The van der Waals surface area contributed by atoms with Gasteiger partial charge in [0.25, 0.3) is 0 Å². The maximum atomic E-state index is 3.88. The van der Waals surface area contributed by atoms with E-state index in [1.807, 2.05) is 0 Å². The van der Waals surface area contributed by atoms with Gasteiger partial charge < -0.3 is 10.2 Å². The highest BCUT2D eigenvalue weighted by Gasteiger charge is 2.31. The molecule has 0 spiro atoms. The van der Waals surface area contributed by atoms with Crippen LogP contribution in [-0.2, 0) is 0 Å². The SMILES string of the molecule is CCC(C)(C)NC1CCC(CN2CCC(C(C)(C)C)CC2)CC1. The lowest BCUT2D eigenvalue weighted by atomic mass is 9.75. The molecule has 1 aliphatic heterocycles. The molecule has 2 aliphatic rings. The van der Waals surface area contributed by atoms with Gasteiger partial charge in [0.15, 0.2) is 0 Å². The molecule has 0 aromatic rings. The molecule has 2 fully saturated rings. The molecule has 2 rings (SSSR count). The minimum absolute atomic E-state index is 0.312. The predicted molar refractivity (Wildman–Crippen MR) is 102 cm³/mol. The van der Waals surface area contributed by atoms with E-state index in [1.165, 1.54) is 64.6 Å². The minimum Gasteiger partial charge on any atom is -0.309 e. The molecular weight excluding hydrogens is 280 g/mol. The number of nitrogens with zero attached hydrogens (tertiary/aromatic N) is 1. The second-order valence-corrected chi connectivity index (χ2v) is 10.0. The van der Waals surface area contributed by atoms with Gasteiger partial charge in [-0.1, -0.05) is 27.7 Å². The Morgan fingerprint density at radius 3 is 1.91 bits per heavy atom. The van der Waals surface area contributed by atoms with Gasteiger partial charge in [-0.25, -0.2) is 0 Å². The predicted octanol–water partition coefficient (Wildman–Crippen LogP) is 5.08. The third-order valence-electron chi connectivity index (χ3n) is 6.65. The first-order valence-corrected chi connectivity index (χ1v) is 10.2. The molecule has 1 heterocycles. The molecule has 1 aliphatic carbocycles. The van der Waals surface area contributed by atoms with Crippen molar-refractivity contribution in [2.24, 2.45) is 17.3 Å². The second-order valence-electron chi connectivity index (χ2n) is 10.0. The Morgan fingerprint density at radius 2 is 1.43 bits per heavy atom. The van der Waals surface area contributed by atoms with Gasteiger partial charge in [-0.3, -0.25) is 0 Å². The molecule has 1 N–H and O–H groups in total. The summed E-state index contributed by atoms with van der Waals surface area (Å²) >= 11 is 0. The van der Waals surface area contributed by atoms with Gasteiger partial charge in [-0.2, -0.15) is 0 Å². The van der Waals surface area contributed by atoms with Crippen LogP contribution in [0.25, 0.3) is 0 Å². The molecule has 23 heavy (non-hydrogen) atoms.